The number of para-hydroxylation sites is 1. The molecule has 1 heterocycles. The van der Waals surface area contributed by atoms with E-state index in [0.717, 1.165) is 17.8 Å². The molecule has 0 unspecified atom stereocenters. The van der Waals surface area contributed by atoms with Gasteiger partial charge in [0.05, 0.1) is 23.0 Å². The van der Waals surface area contributed by atoms with Crippen LogP contribution in [0.1, 0.15) is 12.7 Å². The van der Waals surface area contributed by atoms with Crippen molar-refractivity contribution >= 4 is 40.2 Å². The fourth-order valence-electron chi connectivity index (χ4n) is 2.61. The predicted octanol–water partition coefficient (Wildman–Crippen LogP) is 4.30. The van der Waals surface area contributed by atoms with Gasteiger partial charge in [0.2, 0.25) is 17.6 Å². The minimum atomic E-state index is -4.79. The van der Waals surface area contributed by atoms with Gasteiger partial charge >= 0.3 is 6.18 Å². The molecule has 0 fully saturated rings. The van der Waals surface area contributed by atoms with Gasteiger partial charge in [-0.05, 0) is 25.1 Å². The van der Waals surface area contributed by atoms with Crippen LogP contribution in [0.4, 0.5) is 32.0 Å². The minimum Gasteiger partial charge on any atom is -0.346 e. The first-order chi connectivity index (χ1) is 15.5. The molecule has 0 bridgehead atoms. The van der Waals surface area contributed by atoms with E-state index in [1.165, 1.54) is 25.1 Å². The first kappa shape index (κ1) is 24.3. The van der Waals surface area contributed by atoms with Gasteiger partial charge < -0.3 is 10.6 Å². The molecule has 0 spiro atoms. The maximum absolute atomic E-state index is 13.6. The lowest BCUT2D eigenvalue weighted by atomic mass is 10.2. The summed E-state index contributed by atoms with van der Waals surface area (Å²) in [6.45, 7) is 0.734. The molecule has 0 saturated heterocycles. The lowest BCUT2D eigenvalue weighted by Crippen LogP contribution is -2.37. The van der Waals surface area contributed by atoms with Gasteiger partial charge in [-0.3, -0.25) is 9.59 Å². The van der Waals surface area contributed by atoms with E-state index in [2.05, 4.69) is 15.3 Å². The first-order valence-corrected chi connectivity index (χ1v) is 10.1. The second-order valence-corrected chi connectivity index (χ2v) is 7.95. The number of rotatable bonds is 6. The number of fused-ring (bicyclic) bond motifs is 1. The zero-order valence-electron chi connectivity index (χ0n) is 16.6. The Morgan fingerprint density at radius 2 is 1.73 bits per heavy atom. The standard InChI is InChI=1S/C20H14F6N4O2S/c1-9(17(32)27-8-14(31)28-13-7-6-11(21)15(22)16(13)23)33-18-10-4-2-3-5-12(10)29-19(30-18)20(24,25)26/h2-7,9H,8H2,1H3,(H,27,32)(H,28,31)/t9-/m0/s1. The van der Waals surface area contributed by atoms with Gasteiger partial charge in [-0.2, -0.15) is 13.2 Å². The van der Waals surface area contributed by atoms with E-state index < -0.39 is 58.7 Å². The average Bonchev–Trinajstić information content (AvgIpc) is 2.77. The molecule has 2 amide bonds. The Morgan fingerprint density at radius 1 is 1.03 bits per heavy atom. The summed E-state index contributed by atoms with van der Waals surface area (Å²) in [5, 5.41) is 3.47. The molecule has 1 atom stereocenters. The molecule has 0 aliphatic rings. The number of thioether (sulfide) groups is 1. The topological polar surface area (TPSA) is 84.0 Å². The average molecular weight is 488 g/mol. The van der Waals surface area contributed by atoms with Gasteiger partial charge in [-0.1, -0.05) is 30.0 Å². The summed E-state index contributed by atoms with van der Waals surface area (Å²) < 4.78 is 79.2. The number of anilines is 1. The van der Waals surface area contributed by atoms with Crippen molar-refractivity contribution < 1.29 is 35.9 Å². The van der Waals surface area contributed by atoms with Crippen molar-refractivity contribution in [3.05, 3.63) is 59.7 Å². The van der Waals surface area contributed by atoms with E-state index in [0.29, 0.717) is 11.5 Å². The Labute approximate surface area is 186 Å². The van der Waals surface area contributed by atoms with E-state index in [9.17, 15) is 35.9 Å². The van der Waals surface area contributed by atoms with Crippen LogP contribution in [0.15, 0.2) is 41.4 Å². The van der Waals surface area contributed by atoms with Crippen molar-refractivity contribution in [3.8, 4) is 0 Å². The first-order valence-electron chi connectivity index (χ1n) is 9.19. The smallest absolute Gasteiger partial charge is 0.346 e. The van der Waals surface area contributed by atoms with Crippen molar-refractivity contribution in [1.29, 1.82) is 0 Å². The highest BCUT2D eigenvalue weighted by Crippen LogP contribution is 2.33. The van der Waals surface area contributed by atoms with Crippen LogP contribution in [0.2, 0.25) is 0 Å². The highest BCUT2D eigenvalue weighted by Gasteiger charge is 2.36. The van der Waals surface area contributed by atoms with Gasteiger partial charge in [-0.25, -0.2) is 23.1 Å². The second kappa shape index (κ2) is 9.65. The Morgan fingerprint density at radius 3 is 2.42 bits per heavy atom. The van der Waals surface area contributed by atoms with Gasteiger partial charge in [0.25, 0.3) is 0 Å². The molecule has 0 aliphatic heterocycles. The normalized spacial score (nSPS) is 12.5. The lowest BCUT2D eigenvalue weighted by Gasteiger charge is -2.14. The third-order valence-corrected chi connectivity index (χ3v) is 5.31. The summed E-state index contributed by atoms with van der Waals surface area (Å²) in [4.78, 5) is 31.3. The summed E-state index contributed by atoms with van der Waals surface area (Å²) in [7, 11) is 0. The number of carbonyl (C=O) groups is 2. The number of aromatic nitrogens is 2. The molecule has 0 aliphatic carbocycles. The van der Waals surface area contributed by atoms with Crippen LogP contribution in [-0.2, 0) is 15.8 Å². The molecule has 2 N–H and O–H groups in total. The van der Waals surface area contributed by atoms with E-state index in [4.69, 9.17) is 0 Å². The molecule has 174 valence electrons. The number of alkyl halides is 3. The number of benzene rings is 2. The fraction of sp³-hybridized carbons (Fsp3) is 0.200. The Hall–Kier alpha value is -3.35. The molecule has 13 heteroatoms. The van der Waals surface area contributed by atoms with Crippen LogP contribution >= 0.6 is 11.8 Å². The van der Waals surface area contributed by atoms with Gasteiger partial charge in [-0.15, -0.1) is 0 Å². The molecular formula is C20H14F6N4O2S. The van der Waals surface area contributed by atoms with Crippen LogP contribution in [0, 0.1) is 17.5 Å². The van der Waals surface area contributed by atoms with Crippen molar-refractivity contribution in [3.63, 3.8) is 0 Å². The highest BCUT2D eigenvalue weighted by atomic mass is 32.2. The van der Waals surface area contributed by atoms with Crippen LogP contribution < -0.4 is 10.6 Å². The summed E-state index contributed by atoms with van der Waals surface area (Å²) in [5.74, 6) is -7.82. The second-order valence-electron chi connectivity index (χ2n) is 6.62. The summed E-state index contributed by atoms with van der Waals surface area (Å²) in [5.41, 5.74) is -0.578. The summed E-state index contributed by atoms with van der Waals surface area (Å²) in [6.07, 6.45) is -4.79. The molecular weight excluding hydrogens is 474 g/mol. The molecule has 2 aromatic carbocycles. The maximum atomic E-state index is 13.6. The van der Waals surface area contributed by atoms with Crippen LogP contribution in [-0.4, -0.2) is 33.6 Å². The van der Waals surface area contributed by atoms with Crippen molar-refractivity contribution in [2.75, 3.05) is 11.9 Å². The molecule has 3 rings (SSSR count). The number of nitrogens with zero attached hydrogens (tertiary/aromatic N) is 2. The molecule has 33 heavy (non-hydrogen) atoms. The zero-order valence-corrected chi connectivity index (χ0v) is 17.5. The number of halogens is 6. The van der Waals surface area contributed by atoms with Gasteiger partial charge in [0.15, 0.2) is 17.5 Å². The summed E-state index contributed by atoms with van der Waals surface area (Å²) >= 11 is 0.727. The lowest BCUT2D eigenvalue weighted by molar-refractivity contribution is -0.145. The van der Waals surface area contributed by atoms with Crippen LogP contribution in [0.25, 0.3) is 10.9 Å². The van der Waals surface area contributed by atoms with Gasteiger partial charge in [0.1, 0.15) is 5.03 Å². The quantitative estimate of drug-likeness (QED) is 0.234. The molecule has 3 aromatic rings. The van der Waals surface area contributed by atoms with Crippen LogP contribution in [0.3, 0.4) is 0 Å². The third kappa shape index (κ3) is 5.72. The monoisotopic (exact) mass is 488 g/mol. The van der Waals surface area contributed by atoms with Crippen molar-refractivity contribution in [2.24, 2.45) is 0 Å². The number of carbonyl (C=O) groups excluding carboxylic acids is 2. The molecule has 0 saturated carbocycles. The number of hydrogen-bond donors (Lipinski definition) is 2. The van der Waals surface area contributed by atoms with E-state index >= 15 is 0 Å². The van der Waals surface area contributed by atoms with Crippen LogP contribution in [0.5, 0.6) is 0 Å². The van der Waals surface area contributed by atoms with E-state index in [1.807, 2.05) is 5.32 Å². The molecule has 6 nitrogen and oxygen atoms in total. The number of amides is 2. The number of nitrogens with one attached hydrogen (secondary N) is 2. The van der Waals surface area contributed by atoms with E-state index in [-0.39, 0.29) is 10.5 Å². The zero-order chi connectivity index (χ0) is 24.3. The Kier molecular flexibility index (Phi) is 7.10. The predicted molar refractivity (Wildman–Crippen MR) is 108 cm³/mol. The Balaban J connectivity index is 1.67. The fourth-order valence-corrected chi connectivity index (χ4v) is 3.58. The molecule has 0 radical (unpaired) electrons. The largest absolute Gasteiger partial charge is 0.451 e. The third-order valence-electron chi connectivity index (χ3n) is 4.21. The SMILES string of the molecule is C[C@H](Sc1nc(C(F)(F)F)nc2ccccc12)C(=O)NCC(=O)Nc1ccc(F)c(F)c1F. The summed E-state index contributed by atoms with van der Waals surface area (Å²) in [6, 6.07) is 7.40. The Bertz CT molecular complexity index is 1220. The number of hydrogen-bond acceptors (Lipinski definition) is 5. The van der Waals surface area contributed by atoms with Crippen molar-refractivity contribution in [1.82, 2.24) is 15.3 Å². The molecule has 1 aromatic heterocycles. The van der Waals surface area contributed by atoms with E-state index in [1.54, 1.807) is 6.07 Å². The minimum absolute atomic E-state index is 0.0443. The van der Waals surface area contributed by atoms with Gasteiger partial charge in [0, 0.05) is 5.39 Å². The van der Waals surface area contributed by atoms with Crippen molar-refractivity contribution in [2.45, 2.75) is 23.4 Å². The highest BCUT2D eigenvalue weighted by molar-refractivity contribution is 8.00. The maximum Gasteiger partial charge on any atom is 0.451 e.